The second-order valence-corrected chi connectivity index (χ2v) is 18.2. The van der Waals surface area contributed by atoms with Gasteiger partial charge in [0.15, 0.2) is 5.82 Å². The maximum absolute atomic E-state index is 14.6. The Kier molecular flexibility index (Phi) is 7.96. The number of H-pyrrole nitrogens is 1. The van der Waals surface area contributed by atoms with Crippen molar-refractivity contribution >= 4 is 17.4 Å². The number of allylic oxidation sites excluding steroid dienone is 3. The fraction of sp³-hybridized carbons (Fsp3) is 0.667. The summed E-state index contributed by atoms with van der Waals surface area (Å²) in [5, 5.41) is 20.2. The predicted molar refractivity (Wildman–Crippen MR) is 193 cm³/mol. The van der Waals surface area contributed by atoms with E-state index in [1.165, 1.54) is 36.8 Å². The monoisotopic (exact) mass is 666 g/mol. The number of aromatic nitrogens is 3. The molecule has 5 aliphatic rings. The Morgan fingerprint density at radius 1 is 0.959 bits per heavy atom. The molecule has 4 saturated carbocycles. The molecule has 5 aliphatic carbocycles. The Bertz CT molecular complexity index is 1710. The van der Waals surface area contributed by atoms with Gasteiger partial charge in [0.1, 0.15) is 5.82 Å². The van der Waals surface area contributed by atoms with E-state index in [2.05, 4.69) is 74.7 Å². The van der Waals surface area contributed by atoms with E-state index in [4.69, 9.17) is 0 Å². The Balaban J connectivity index is 1.21. The molecule has 1 aromatic carbocycles. The Labute approximate surface area is 293 Å². The second kappa shape index (κ2) is 11.4. The van der Waals surface area contributed by atoms with E-state index < -0.39 is 5.97 Å². The third-order valence-corrected chi connectivity index (χ3v) is 15.9. The maximum atomic E-state index is 14.6. The van der Waals surface area contributed by atoms with Gasteiger partial charge in [0.05, 0.1) is 17.0 Å². The number of nitrogens with zero attached hydrogens (tertiary/aromatic N) is 2. The molecule has 1 heterocycles. The van der Waals surface area contributed by atoms with Gasteiger partial charge >= 0.3 is 5.97 Å². The number of carboxylic acids is 1. The summed E-state index contributed by atoms with van der Waals surface area (Å²) in [5.41, 5.74) is 4.21. The van der Waals surface area contributed by atoms with Crippen molar-refractivity contribution < 1.29 is 14.7 Å². The lowest BCUT2D eigenvalue weighted by molar-refractivity contribution is -0.225. The molecule has 0 aliphatic heterocycles. The first-order valence-electron chi connectivity index (χ1n) is 18.9. The standard InChI is InChI=1S/C42H58N4O3/c1-24(2)29-16-21-42(37(49)43-25(3)35-44-26(4)45-46-35)23-22-40(8)31(34(29)42)14-15-33-39(7)19-17-30(27-10-12-28(13-11-27)36(47)48)38(5,6)32(39)18-20-41(33,40)9/h10-13,17,25,29,31-34H,1,14-16,18-23H2,2-9H3,(H,43,49)(H,47,48)(H,44,45,46)/t25?,29-,31+,32?,33?,34?,39-,40+,41+,42-/m0/s1. The molecule has 0 bridgehead atoms. The van der Waals surface area contributed by atoms with Crippen molar-refractivity contribution in [3.05, 3.63) is 65.3 Å². The number of hydrogen-bond acceptors (Lipinski definition) is 4. The summed E-state index contributed by atoms with van der Waals surface area (Å²) in [5.74, 6) is 3.03. The minimum absolute atomic E-state index is 0.0223. The van der Waals surface area contributed by atoms with E-state index in [1.54, 1.807) is 12.1 Å². The van der Waals surface area contributed by atoms with Crippen LogP contribution in [0.15, 0.2) is 42.5 Å². The lowest BCUT2D eigenvalue weighted by Gasteiger charge is -2.72. The average Bonchev–Trinajstić information content (AvgIpc) is 3.66. The van der Waals surface area contributed by atoms with Gasteiger partial charge in [-0.2, -0.15) is 5.10 Å². The van der Waals surface area contributed by atoms with Crippen LogP contribution in [0.1, 0.15) is 140 Å². The molecule has 2 aromatic rings. The predicted octanol–water partition coefficient (Wildman–Crippen LogP) is 9.34. The van der Waals surface area contributed by atoms with Gasteiger partial charge in [0.25, 0.3) is 0 Å². The summed E-state index contributed by atoms with van der Waals surface area (Å²) in [7, 11) is 0. The summed E-state index contributed by atoms with van der Waals surface area (Å²) in [6.45, 7) is 23.4. The number of rotatable bonds is 6. The number of fused-ring (bicyclic) bond motifs is 7. The number of nitrogens with one attached hydrogen (secondary N) is 2. The van der Waals surface area contributed by atoms with Crippen LogP contribution in [0.3, 0.4) is 0 Å². The van der Waals surface area contributed by atoms with Crippen molar-refractivity contribution in [1.29, 1.82) is 0 Å². The SMILES string of the molecule is C=C(C)[C@@H]1CC[C@]2(C(=O)NC(C)c3n[nH]c(C)n3)CC[C@]3(C)[C@H](CCC4[C@@]5(C)CC=C(c6ccc(C(=O)O)cc6)C(C)(C)C5CC[C@]43C)C12. The lowest BCUT2D eigenvalue weighted by Crippen LogP contribution is -2.66. The van der Waals surface area contributed by atoms with Gasteiger partial charge in [-0.05, 0) is 153 Å². The number of aromatic amines is 1. The number of carbonyl (C=O) groups excluding carboxylic acids is 1. The van der Waals surface area contributed by atoms with E-state index in [0.29, 0.717) is 41.0 Å². The van der Waals surface area contributed by atoms with Crippen LogP contribution in [0.2, 0.25) is 0 Å². The minimum Gasteiger partial charge on any atom is -0.478 e. The van der Waals surface area contributed by atoms with Crippen LogP contribution in [0.4, 0.5) is 0 Å². The molecule has 7 heteroatoms. The number of carbonyl (C=O) groups is 2. The van der Waals surface area contributed by atoms with Crippen molar-refractivity contribution in [2.24, 2.45) is 56.7 Å². The number of amides is 1. The number of carboxylic acid groups (broad SMARTS) is 1. The molecule has 1 aromatic heterocycles. The van der Waals surface area contributed by atoms with Crippen LogP contribution < -0.4 is 5.32 Å². The van der Waals surface area contributed by atoms with Crippen LogP contribution in [0.5, 0.6) is 0 Å². The zero-order valence-corrected chi connectivity index (χ0v) is 31.1. The molecule has 0 spiro atoms. The van der Waals surface area contributed by atoms with E-state index in [0.717, 1.165) is 43.5 Å². The van der Waals surface area contributed by atoms with Crippen molar-refractivity contribution in [3.8, 4) is 0 Å². The molecule has 7 rings (SSSR count). The van der Waals surface area contributed by atoms with Crippen LogP contribution >= 0.6 is 0 Å². The zero-order valence-electron chi connectivity index (χ0n) is 31.1. The molecule has 0 radical (unpaired) electrons. The topological polar surface area (TPSA) is 108 Å². The Morgan fingerprint density at radius 3 is 2.31 bits per heavy atom. The highest BCUT2D eigenvalue weighted by Gasteiger charge is 2.71. The molecular formula is C42H58N4O3. The lowest BCUT2D eigenvalue weighted by atomic mass is 9.32. The molecule has 49 heavy (non-hydrogen) atoms. The molecular weight excluding hydrogens is 608 g/mol. The first-order valence-corrected chi connectivity index (χ1v) is 18.9. The normalized spacial score (nSPS) is 39.8. The summed E-state index contributed by atoms with van der Waals surface area (Å²) in [4.78, 5) is 30.6. The minimum atomic E-state index is -0.879. The summed E-state index contributed by atoms with van der Waals surface area (Å²) in [6.07, 6.45) is 12.4. The molecule has 1 amide bonds. The van der Waals surface area contributed by atoms with E-state index in [1.807, 2.05) is 26.0 Å². The van der Waals surface area contributed by atoms with Gasteiger partial charge in [0, 0.05) is 0 Å². The quantitative estimate of drug-likeness (QED) is 0.266. The molecule has 4 fully saturated rings. The van der Waals surface area contributed by atoms with Crippen LogP contribution in [-0.4, -0.2) is 32.2 Å². The third kappa shape index (κ3) is 4.79. The van der Waals surface area contributed by atoms with Gasteiger partial charge in [-0.25, -0.2) is 9.78 Å². The molecule has 10 atom stereocenters. The second-order valence-electron chi connectivity index (χ2n) is 18.2. The largest absolute Gasteiger partial charge is 0.478 e. The maximum Gasteiger partial charge on any atom is 0.335 e. The van der Waals surface area contributed by atoms with E-state index in [-0.39, 0.29) is 39.0 Å². The molecule has 4 unspecified atom stereocenters. The van der Waals surface area contributed by atoms with Gasteiger partial charge in [-0.15, -0.1) is 0 Å². The van der Waals surface area contributed by atoms with Crippen molar-refractivity contribution in [2.75, 3.05) is 0 Å². The van der Waals surface area contributed by atoms with Gasteiger partial charge in [-0.1, -0.05) is 65.0 Å². The molecule has 0 saturated heterocycles. The van der Waals surface area contributed by atoms with Gasteiger partial charge < -0.3 is 10.4 Å². The fourth-order valence-electron chi connectivity index (χ4n) is 13.4. The highest BCUT2D eigenvalue weighted by molar-refractivity contribution is 5.88. The van der Waals surface area contributed by atoms with Gasteiger partial charge in [-0.3, -0.25) is 9.89 Å². The van der Waals surface area contributed by atoms with Crippen molar-refractivity contribution in [1.82, 2.24) is 20.5 Å². The first kappa shape index (κ1) is 34.2. The van der Waals surface area contributed by atoms with Gasteiger partial charge in [0.2, 0.25) is 5.91 Å². The Morgan fingerprint density at radius 2 is 1.67 bits per heavy atom. The summed E-state index contributed by atoms with van der Waals surface area (Å²) < 4.78 is 0. The zero-order chi connectivity index (χ0) is 35.3. The highest BCUT2D eigenvalue weighted by Crippen LogP contribution is 2.77. The van der Waals surface area contributed by atoms with Crippen LogP contribution in [0, 0.1) is 63.6 Å². The van der Waals surface area contributed by atoms with Crippen molar-refractivity contribution in [2.45, 2.75) is 119 Å². The average molecular weight is 667 g/mol. The number of aryl methyl sites for hydroxylation is 1. The van der Waals surface area contributed by atoms with Crippen LogP contribution in [-0.2, 0) is 4.79 Å². The molecule has 3 N–H and O–H groups in total. The molecule has 7 nitrogen and oxygen atoms in total. The number of benzene rings is 1. The highest BCUT2D eigenvalue weighted by atomic mass is 16.4. The number of aromatic carboxylic acids is 1. The third-order valence-electron chi connectivity index (χ3n) is 15.9. The first-order chi connectivity index (χ1) is 23.0. The van der Waals surface area contributed by atoms with Crippen molar-refractivity contribution in [3.63, 3.8) is 0 Å². The number of hydrogen-bond donors (Lipinski definition) is 3. The fourth-order valence-corrected chi connectivity index (χ4v) is 13.4. The van der Waals surface area contributed by atoms with E-state index in [9.17, 15) is 14.7 Å². The summed E-state index contributed by atoms with van der Waals surface area (Å²) in [6, 6.07) is 7.29. The molecule has 264 valence electrons. The smallest absolute Gasteiger partial charge is 0.335 e. The van der Waals surface area contributed by atoms with Crippen LogP contribution in [0.25, 0.3) is 5.57 Å². The van der Waals surface area contributed by atoms with E-state index >= 15 is 0 Å². The summed E-state index contributed by atoms with van der Waals surface area (Å²) >= 11 is 0. The Hall–Kier alpha value is -3.22.